The number of aryl methyl sites for hydroxylation is 1. The summed E-state index contributed by atoms with van der Waals surface area (Å²) in [6.45, 7) is 1.95. The van der Waals surface area contributed by atoms with Gasteiger partial charge in [0.05, 0.1) is 11.6 Å². The lowest BCUT2D eigenvalue weighted by Crippen LogP contribution is -2.65. The number of amides is 1. The van der Waals surface area contributed by atoms with E-state index in [2.05, 4.69) is 0 Å². The number of carbonyl (C=O) groups is 4. The van der Waals surface area contributed by atoms with E-state index in [1.54, 1.807) is 0 Å². The van der Waals surface area contributed by atoms with Crippen molar-refractivity contribution in [2.75, 3.05) is 14.1 Å². The molecule has 10 nitrogen and oxygen atoms in total. The fourth-order valence-electron chi connectivity index (χ4n) is 6.28. The van der Waals surface area contributed by atoms with Gasteiger partial charge in [0.2, 0.25) is 5.78 Å². The van der Waals surface area contributed by atoms with E-state index in [4.69, 9.17) is 5.73 Å². The number of nitrogens with zero attached hydrogens (tertiary/aromatic N) is 1. The standard InChI is InChI=1S/C28H33FN2O8/c1-4-5-6-14(32)8-7-12-11-17(29)15-9-13-10-16-21(31(2)3)24(35)20(27(30)38)26(37)28(16,39)25(36)18(13)23(34)19(15)22(12)33/h11,13,16,21,33-34,37,39H,4-10H2,1-3H3,(H2,30,38)/t13-,16-,21-,28-/m0/s1. The molecule has 4 rings (SSSR count). The molecule has 1 aromatic rings. The molecule has 39 heavy (non-hydrogen) atoms. The first-order valence-electron chi connectivity index (χ1n) is 13.0. The highest BCUT2D eigenvalue weighted by atomic mass is 19.1. The Morgan fingerprint density at radius 3 is 2.44 bits per heavy atom. The van der Waals surface area contributed by atoms with Gasteiger partial charge in [0.15, 0.2) is 11.4 Å². The first-order chi connectivity index (χ1) is 18.3. The molecule has 3 aliphatic carbocycles. The summed E-state index contributed by atoms with van der Waals surface area (Å²) in [5.74, 6) is -8.66. The van der Waals surface area contributed by atoms with E-state index >= 15 is 4.39 Å². The second-order valence-corrected chi connectivity index (χ2v) is 10.8. The third-order valence-electron chi connectivity index (χ3n) is 8.23. The molecule has 1 saturated carbocycles. The van der Waals surface area contributed by atoms with Gasteiger partial charge in [-0.3, -0.25) is 24.1 Å². The molecule has 0 unspecified atom stereocenters. The zero-order chi connectivity index (χ0) is 29.0. The van der Waals surface area contributed by atoms with Gasteiger partial charge in [-0.1, -0.05) is 13.3 Å². The van der Waals surface area contributed by atoms with Crippen LogP contribution in [0.2, 0.25) is 0 Å². The second kappa shape index (κ2) is 10.2. The lowest BCUT2D eigenvalue weighted by molar-refractivity contribution is -0.153. The number of primary amides is 1. The zero-order valence-electron chi connectivity index (χ0n) is 22.1. The first-order valence-corrected chi connectivity index (χ1v) is 13.0. The van der Waals surface area contributed by atoms with Crippen LogP contribution in [0, 0.1) is 17.7 Å². The Morgan fingerprint density at radius 2 is 1.85 bits per heavy atom. The van der Waals surface area contributed by atoms with E-state index in [0.29, 0.717) is 12.8 Å². The van der Waals surface area contributed by atoms with Gasteiger partial charge in [0.25, 0.3) is 5.91 Å². The van der Waals surface area contributed by atoms with Crippen LogP contribution in [0.15, 0.2) is 23.0 Å². The van der Waals surface area contributed by atoms with Gasteiger partial charge in [0, 0.05) is 29.9 Å². The normalized spacial score (nSPS) is 26.5. The molecule has 0 heterocycles. The minimum absolute atomic E-state index is 0.0166. The minimum Gasteiger partial charge on any atom is -0.508 e. The highest BCUT2D eigenvalue weighted by Gasteiger charge is 2.64. The third kappa shape index (κ3) is 4.33. The van der Waals surface area contributed by atoms with Gasteiger partial charge in [-0.25, -0.2) is 4.39 Å². The second-order valence-electron chi connectivity index (χ2n) is 10.8. The molecule has 210 valence electrons. The summed E-state index contributed by atoms with van der Waals surface area (Å²) in [6.07, 6.45) is 1.72. The number of carbonyl (C=O) groups excluding carboxylic acids is 4. The minimum atomic E-state index is -2.76. The lowest BCUT2D eigenvalue weighted by atomic mass is 9.57. The van der Waals surface area contributed by atoms with Gasteiger partial charge >= 0.3 is 0 Å². The molecule has 0 spiro atoms. The number of fused-ring (bicyclic) bond motifs is 3. The zero-order valence-corrected chi connectivity index (χ0v) is 22.1. The smallest absolute Gasteiger partial charge is 0.255 e. The van der Waals surface area contributed by atoms with E-state index in [1.165, 1.54) is 19.0 Å². The number of halogens is 1. The molecule has 0 aliphatic heterocycles. The number of benzene rings is 1. The van der Waals surface area contributed by atoms with Crippen molar-refractivity contribution in [3.8, 4) is 5.75 Å². The third-order valence-corrected chi connectivity index (χ3v) is 8.23. The molecule has 4 atom stereocenters. The van der Waals surface area contributed by atoms with E-state index in [9.17, 15) is 39.6 Å². The molecule has 6 N–H and O–H groups in total. The molecule has 1 amide bonds. The number of aromatic hydroxyl groups is 1. The number of aliphatic hydroxyl groups excluding tert-OH is 2. The van der Waals surface area contributed by atoms with Gasteiger partial charge in [-0.05, 0) is 57.3 Å². The number of aliphatic hydroxyl groups is 3. The Hall–Kier alpha value is -3.57. The number of nitrogens with two attached hydrogens (primary N) is 1. The monoisotopic (exact) mass is 544 g/mol. The molecule has 0 aromatic heterocycles. The highest BCUT2D eigenvalue weighted by Crippen LogP contribution is 2.53. The summed E-state index contributed by atoms with van der Waals surface area (Å²) in [7, 11) is 3.00. The summed E-state index contributed by atoms with van der Waals surface area (Å²) in [6, 6.07) is -0.102. The predicted octanol–water partition coefficient (Wildman–Crippen LogP) is 1.79. The maximum Gasteiger partial charge on any atom is 0.255 e. The average Bonchev–Trinajstić information content (AvgIpc) is 2.85. The van der Waals surface area contributed by atoms with Gasteiger partial charge < -0.3 is 26.2 Å². The van der Waals surface area contributed by atoms with Crippen molar-refractivity contribution in [1.29, 1.82) is 0 Å². The van der Waals surface area contributed by atoms with Gasteiger partial charge in [-0.15, -0.1) is 0 Å². The van der Waals surface area contributed by atoms with Gasteiger partial charge in [-0.2, -0.15) is 0 Å². The molecular weight excluding hydrogens is 511 g/mol. The first kappa shape index (κ1) is 28.4. The summed E-state index contributed by atoms with van der Waals surface area (Å²) < 4.78 is 15.3. The number of rotatable bonds is 8. The maximum absolute atomic E-state index is 15.3. The Bertz CT molecular complexity index is 1350. The SMILES string of the molecule is CCCCC(=O)CCc1cc(F)c2c(c1O)C(O)=C1C(=O)[C@]3(O)C(O)=C(C(N)=O)C(=O)[C@@H](N(C)C)[C@@H]3C[C@@H]1C2. The van der Waals surface area contributed by atoms with Gasteiger partial charge in [0.1, 0.15) is 34.4 Å². The van der Waals surface area contributed by atoms with Crippen LogP contribution in [-0.4, -0.2) is 74.3 Å². The Balaban J connectivity index is 1.83. The molecule has 1 fully saturated rings. The quantitative estimate of drug-likeness (QED) is 0.305. The van der Waals surface area contributed by atoms with E-state index < -0.39 is 69.6 Å². The number of hydrogen-bond donors (Lipinski definition) is 5. The number of unbranched alkanes of at least 4 members (excludes halogenated alkanes) is 1. The van der Waals surface area contributed by atoms with Crippen LogP contribution in [0.25, 0.3) is 5.76 Å². The molecule has 0 radical (unpaired) electrons. The summed E-state index contributed by atoms with van der Waals surface area (Å²) in [5.41, 5.74) is 1.01. The molecule has 0 saturated heterocycles. The highest BCUT2D eigenvalue weighted by molar-refractivity contribution is 6.24. The van der Waals surface area contributed by atoms with E-state index in [1.807, 2.05) is 6.92 Å². The van der Waals surface area contributed by atoms with E-state index in [-0.39, 0.29) is 53.7 Å². The fraction of sp³-hybridized carbons (Fsp3) is 0.500. The van der Waals surface area contributed by atoms with Crippen molar-refractivity contribution >= 4 is 29.0 Å². The summed E-state index contributed by atoms with van der Waals surface area (Å²) >= 11 is 0. The maximum atomic E-state index is 15.3. The topological polar surface area (TPSA) is 178 Å². The number of Topliss-reactive ketones (excluding diaryl/α,β-unsaturated/α-hetero) is 3. The van der Waals surface area contributed by atoms with Crippen LogP contribution in [0.3, 0.4) is 0 Å². The average molecular weight is 545 g/mol. The van der Waals surface area contributed by atoms with Crippen molar-refractivity contribution in [2.24, 2.45) is 17.6 Å². The predicted molar refractivity (Wildman–Crippen MR) is 137 cm³/mol. The van der Waals surface area contributed by atoms with Crippen LogP contribution in [0.1, 0.15) is 55.7 Å². The number of hydrogen-bond acceptors (Lipinski definition) is 9. The molecule has 1 aromatic carbocycles. The van der Waals surface area contributed by atoms with Crippen molar-refractivity contribution < 1.29 is 44.0 Å². The molecular formula is C28H33FN2O8. The van der Waals surface area contributed by atoms with Crippen LogP contribution in [0.5, 0.6) is 5.75 Å². The summed E-state index contributed by atoms with van der Waals surface area (Å²) in [4.78, 5) is 52.5. The fourth-order valence-corrected chi connectivity index (χ4v) is 6.28. The Morgan fingerprint density at radius 1 is 1.18 bits per heavy atom. The van der Waals surface area contributed by atoms with Crippen LogP contribution >= 0.6 is 0 Å². The Kier molecular flexibility index (Phi) is 7.44. The summed E-state index contributed by atoms with van der Waals surface area (Å²) in [5, 5.41) is 44.7. The van der Waals surface area contributed by atoms with Crippen LogP contribution in [0.4, 0.5) is 4.39 Å². The van der Waals surface area contributed by atoms with Crippen LogP contribution in [-0.2, 0) is 32.0 Å². The number of likely N-dealkylation sites (N-methyl/N-ethyl adjacent to an activating group) is 1. The number of ketones is 3. The molecule has 0 bridgehead atoms. The number of phenols is 1. The van der Waals surface area contributed by atoms with Crippen LogP contribution < -0.4 is 5.73 Å². The largest absolute Gasteiger partial charge is 0.508 e. The van der Waals surface area contributed by atoms with Crippen molar-refractivity contribution in [3.63, 3.8) is 0 Å². The molecule has 11 heteroatoms. The van der Waals surface area contributed by atoms with E-state index in [0.717, 1.165) is 12.5 Å². The molecule has 3 aliphatic rings. The van der Waals surface area contributed by atoms with Crippen molar-refractivity contribution in [1.82, 2.24) is 4.90 Å². The number of phenolic OH excluding ortho intramolecular Hbond substituents is 1. The lowest BCUT2D eigenvalue weighted by Gasteiger charge is -2.50. The Labute approximate surface area is 224 Å². The van der Waals surface area contributed by atoms with Crippen molar-refractivity contribution in [3.05, 3.63) is 45.5 Å². The van der Waals surface area contributed by atoms with Crippen molar-refractivity contribution in [2.45, 2.75) is 63.5 Å².